The Hall–Kier alpha value is -2.47. The molecule has 0 aromatic heterocycles. The maximum absolute atomic E-state index is 10.2. The van der Waals surface area contributed by atoms with E-state index in [-0.39, 0.29) is 46.7 Å². The molecule has 0 spiro atoms. The second-order valence-electron chi connectivity index (χ2n) is 20.0. The fraction of sp³-hybridized carbons (Fsp3) is 0.812. The second-order valence-corrected chi connectivity index (χ2v) is 20.0. The third-order valence-electron chi connectivity index (χ3n) is 12.6. The van der Waals surface area contributed by atoms with Crippen molar-refractivity contribution in [2.75, 3.05) is 0 Å². The molecule has 0 unspecified atom stereocenters. The average molecular weight is 1200 g/mol. The molecule has 0 aliphatic heterocycles. The molecule has 0 rings (SSSR count). The molecule has 0 radical (unpaired) electrons. The normalized spacial score (nSPS) is 11.0. The van der Waals surface area contributed by atoms with Crippen LogP contribution in [-0.2, 0) is 40.2 Å². The molecule has 0 saturated carbocycles. The Balaban J connectivity index is -0.000000280. The van der Waals surface area contributed by atoms with Crippen molar-refractivity contribution in [3.8, 4) is 0 Å². The molecule has 0 aliphatic rings. The zero-order valence-electron chi connectivity index (χ0n) is 48.2. The van der Waals surface area contributed by atoms with E-state index in [1.807, 2.05) is 0 Å². The van der Waals surface area contributed by atoms with Crippen LogP contribution in [0, 0.1) is 0 Å². The molecule has 0 bridgehead atoms. The number of unbranched alkanes of at least 4 members (excludes halogenated alkanes) is 36. The molecule has 0 heterocycles. The number of carbonyl (C=O) groups is 4. The molecule has 8 nitrogen and oxygen atoms in total. The Bertz CT molecular complexity index is 1030. The van der Waals surface area contributed by atoms with Crippen molar-refractivity contribution >= 4 is 23.9 Å². The van der Waals surface area contributed by atoms with Gasteiger partial charge in [0, 0.05) is 23.9 Å². The number of aliphatic carboxylic acids is 4. The van der Waals surface area contributed by atoms with E-state index in [1.54, 1.807) is 0 Å². The second kappa shape index (κ2) is 76.0. The first kappa shape index (κ1) is 79.4. The quantitative estimate of drug-likeness (QED) is 0.0430. The van der Waals surface area contributed by atoms with Gasteiger partial charge in [-0.1, -0.05) is 230 Å². The maximum Gasteiger partial charge on any atom is 4.00 e. The van der Waals surface area contributed by atoms with Gasteiger partial charge in [0.15, 0.2) is 0 Å². The third kappa shape index (κ3) is 95.8. The molecule has 426 valence electrons. The summed E-state index contributed by atoms with van der Waals surface area (Å²) < 4.78 is 0. The number of carbonyl (C=O) groups excluding carboxylic acids is 4. The van der Waals surface area contributed by atoms with Crippen LogP contribution in [0.1, 0.15) is 336 Å². The molecule has 9 heteroatoms. The Morgan fingerprint density at radius 3 is 0.479 bits per heavy atom. The Labute approximate surface area is 466 Å². The van der Waals surface area contributed by atoms with Crippen LogP contribution in [0.3, 0.4) is 0 Å². The van der Waals surface area contributed by atoms with E-state index >= 15 is 0 Å². The van der Waals surface area contributed by atoms with Crippen molar-refractivity contribution < 1.29 is 60.7 Å². The van der Waals surface area contributed by atoms with Gasteiger partial charge in [-0.25, -0.2) is 0 Å². The van der Waals surface area contributed by atoms with E-state index in [0.717, 1.165) is 77.0 Å². The number of allylic oxidation sites excluding steroid dienone is 8. The Kier molecular flexibility index (Phi) is 82.7. The van der Waals surface area contributed by atoms with Crippen LogP contribution in [0.5, 0.6) is 0 Å². The molecule has 0 aromatic rings. The monoisotopic (exact) mass is 1200 g/mol. The largest absolute Gasteiger partial charge is 4.00 e. The summed E-state index contributed by atoms with van der Waals surface area (Å²) in [6.07, 6.45) is 71.9. The Morgan fingerprint density at radius 1 is 0.219 bits per heavy atom. The van der Waals surface area contributed by atoms with Crippen LogP contribution < -0.4 is 20.4 Å². The maximum atomic E-state index is 10.2. The van der Waals surface area contributed by atoms with E-state index < -0.39 is 23.9 Å². The molecule has 0 saturated heterocycles. The van der Waals surface area contributed by atoms with Gasteiger partial charge >= 0.3 is 21.1 Å². The van der Waals surface area contributed by atoms with Gasteiger partial charge in [0.05, 0.1) is 0 Å². The van der Waals surface area contributed by atoms with Gasteiger partial charge < -0.3 is 39.6 Å². The summed E-state index contributed by atoms with van der Waals surface area (Å²) in [5.74, 6) is -3.66. The molecule has 0 N–H and O–H groups in total. The zero-order valence-corrected chi connectivity index (χ0v) is 51.2. The van der Waals surface area contributed by atoms with E-state index in [0.29, 0.717) is 0 Å². The summed E-state index contributed by atoms with van der Waals surface area (Å²) in [5, 5.41) is 40.7. The summed E-state index contributed by atoms with van der Waals surface area (Å²) in [5.41, 5.74) is 0. The summed E-state index contributed by atoms with van der Waals surface area (Å²) >= 11 is 0. The van der Waals surface area contributed by atoms with E-state index in [1.165, 1.54) is 205 Å². The number of carboxylic acids is 4. The predicted octanol–water partition coefficient (Wildman–Crippen LogP) is 16.0. The minimum absolute atomic E-state index is 0. The molecular formula is C64H116O8W. The topological polar surface area (TPSA) is 161 Å². The minimum Gasteiger partial charge on any atom is -0.550 e. The predicted molar refractivity (Wildman–Crippen MR) is 301 cm³/mol. The number of carboxylic acid groups (broad SMARTS) is 4. The van der Waals surface area contributed by atoms with Gasteiger partial charge in [0.2, 0.25) is 0 Å². The molecule has 0 aromatic carbocycles. The molecule has 0 atom stereocenters. The smallest absolute Gasteiger partial charge is 0.550 e. The van der Waals surface area contributed by atoms with Gasteiger partial charge in [-0.05, 0) is 154 Å². The van der Waals surface area contributed by atoms with Crippen LogP contribution in [0.25, 0.3) is 0 Å². The molecule has 0 amide bonds. The third-order valence-corrected chi connectivity index (χ3v) is 12.6. The fourth-order valence-corrected chi connectivity index (χ4v) is 7.95. The van der Waals surface area contributed by atoms with Crippen LogP contribution in [0.4, 0.5) is 0 Å². The number of hydrogen-bond acceptors (Lipinski definition) is 8. The molecule has 73 heavy (non-hydrogen) atoms. The Morgan fingerprint density at radius 2 is 0.342 bits per heavy atom. The standard InChI is InChI=1S/4C16H30O2.W/c4*1-2-3-4-5-6-7-8-9-10-11-12-13-14-15-16(17)18;/h4*7-8H,2-6,9-15H2,1H3,(H,17,18);/q;;;;+4/p-4/b4*8-7-;. The van der Waals surface area contributed by atoms with E-state index in [4.69, 9.17) is 0 Å². The van der Waals surface area contributed by atoms with E-state index in [9.17, 15) is 39.6 Å². The first-order valence-corrected chi connectivity index (χ1v) is 30.5. The first-order chi connectivity index (χ1) is 35.1. The van der Waals surface area contributed by atoms with Crippen molar-refractivity contribution in [3.05, 3.63) is 48.6 Å². The molecule has 0 fully saturated rings. The van der Waals surface area contributed by atoms with Gasteiger partial charge in [-0.15, -0.1) is 0 Å². The van der Waals surface area contributed by atoms with Crippen molar-refractivity contribution in [1.29, 1.82) is 0 Å². The van der Waals surface area contributed by atoms with Gasteiger partial charge in [-0.2, -0.15) is 0 Å². The summed E-state index contributed by atoms with van der Waals surface area (Å²) in [7, 11) is 0. The van der Waals surface area contributed by atoms with Crippen LogP contribution in [0.15, 0.2) is 48.6 Å². The van der Waals surface area contributed by atoms with Gasteiger partial charge in [0.1, 0.15) is 0 Å². The first-order valence-electron chi connectivity index (χ1n) is 30.5. The van der Waals surface area contributed by atoms with Crippen LogP contribution in [0.2, 0.25) is 0 Å². The van der Waals surface area contributed by atoms with Crippen LogP contribution in [-0.4, -0.2) is 23.9 Å². The number of rotatable bonds is 52. The van der Waals surface area contributed by atoms with Crippen molar-refractivity contribution in [3.63, 3.8) is 0 Å². The number of hydrogen-bond donors (Lipinski definition) is 0. The summed E-state index contributed by atoms with van der Waals surface area (Å²) in [6.45, 7) is 8.96. The van der Waals surface area contributed by atoms with Crippen molar-refractivity contribution in [2.45, 2.75) is 336 Å². The van der Waals surface area contributed by atoms with Crippen LogP contribution >= 0.6 is 0 Å². The van der Waals surface area contributed by atoms with E-state index in [2.05, 4.69) is 76.3 Å². The summed E-state index contributed by atoms with van der Waals surface area (Å²) in [6, 6.07) is 0. The van der Waals surface area contributed by atoms with Gasteiger partial charge in [0.25, 0.3) is 0 Å². The minimum atomic E-state index is -0.916. The SMILES string of the molecule is CCCCCC/C=C\CCCCCCCC(=O)[O-].CCCCCC/C=C\CCCCCCCC(=O)[O-].CCCCCC/C=C\CCCCCCCC(=O)[O-].CCCCCC/C=C\CCCCCCCC(=O)[O-].[W+4]. The zero-order chi connectivity index (χ0) is 53.9. The summed E-state index contributed by atoms with van der Waals surface area (Å²) in [4.78, 5) is 40.7. The van der Waals surface area contributed by atoms with Gasteiger partial charge in [-0.3, -0.25) is 0 Å². The molecule has 0 aliphatic carbocycles. The molecular weight excluding hydrogens is 1080 g/mol. The van der Waals surface area contributed by atoms with Crippen molar-refractivity contribution in [2.24, 2.45) is 0 Å². The average Bonchev–Trinajstić information content (AvgIpc) is 3.35. The fourth-order valence-electron chi connectivity index (χ4n) is 7.95. The van der Waals surface area contributed by atoms with Crippen molar-refractivity contribution in [1.82, 2.24) is 0 Å².